The summed E-state index contributed by atoms with van der Waals surface area (Å²) in [4.78, 5) is 0. The van der Waals surface area contributed by atoms with Gasteiger partial charge in [-0.15, -0.1) is 0 Å². The summed E-state index contributed by atoms with van der Waals surface area (Å²) in [6, 6.07) is 3.82. The van der Waals surface area contributed by atoms with Crippen molar-refractivity contribution < 1.29 is 14.2 Å². The van der Waals surface area contributed by atoms with E-state index < -0.39 is 0 Å². The van der Waals surface area contributed by atoms with Crippen LogP contribution in [-0.2, 0) is 6.54 Å². The second-order valence-corrected chi connectivity index (χ2v) is 4.40. The Kier molecular flexibility index (Phi) is 2.70. The largest absolute Gasteiger partial charge is 0.493 e. The van der Waals surface area contributed by atoms with Gasteiger partial charge >= 0.3 is 0 Å². The van der Waals surface area contributed by atoms with Crippen LogP contribution in [0.3, 0.4) is 0 Å². The number of ether oxygens (including phenoxy) is 3. The van der Waals surface area contributed by atoms with E-state index in [1.807, 2.05) is 19.1 Å². The highest BCUT2D eigenvalue weighted by molar-refractivity contribution is 5.55. The molecule has 0 radical (unpaired) electrons. The summed E-state index contributed by atoms with van der Waals surface area (Å²) in [7, 11) is 1.60. The average Bonchev–Trinajstić information content (AvgIpc) is 2.99. The molecule has 100 valence electrons. The zero-order chi connectivity index (χ0) is 13.4. The minimum Gasteiger partial charge on any atom is -0.493 e. The lowest BCUT2D eigenvalue weighted by molar-refractivity contribution is 0.171. The van der Waals surface area contributed by atoms with E-state index in [4.69, 9.17) is 19.9 Å². The van der Waals surface area contributed by atoms with E-state index in [1.54, 1.807) is 18.0 Å². The van der Waals surface area contributed by atoms with Gasteiger partial charge in [-0.05, 0) is 24.6 Å². The van der Waals surface area contributed by atoms with Crippen LogP contribution in [0.5, 0.6) is 17.2 Å². The number of nitrogen functional groups attached to an aromatic ring is 1. The van der Waals surface area contributed by atoms with Crippen LogP contribution in [0, 0.1) is 6.92 Å². The molecule has 0 saturated carbocycles. The lowest BCUT2D eigenvalue weighted by atomic mass is 10.2. The molecule has 1 aliphatic heterocycles. The van der Waals surface area contributed by atoms with Gasteiger partial charge in [0.05, 0.1) is 19.9 Å². The first-order valence-corrected chi connectivity index (χ1v) is 5.93. The quantitative estimate of drug-likeness (QED) is 0.907. The molecule has 1 aliphatic rings. The van der Waals surface area contributed by atoms with Crippen LogP contribution in [0.4, 0.5) is 5.82 Å². The smallest absolute Gasteiger partial charge is 0.231 e. The Morgan fingerprint density at radius 1 is 1.42 bits per heavy atom. The van der Waals surface area contributed by atoms with Gasteiger partial charge in [-0.3, -0.25) is 0 Å². The van der Waals surface area contributed by atoms with Gasteiger partial charge in [0.25, 0.3) is 0 Å². The SMILES string of the molecule is COc1cc(Cn2ncc(C)c2N)cc2c1OCO2. The molecule has 2 heterocycles. The van der Waals surface area contributed by atoms with Gasteiger partial charge in [0.2, 0.25) is 12.5 Å². The molecule has 0 aliphatic carbocycles. The molecule has 6 heteroatoms. The zero-order valence-electron chi connectivity index (χ0n) is 10.8. The number of hydrogen-bond acceptors (Lipinski definition) is 5. The highest BCUT2D eigenvalue weighted by Crippen LogP contribution is 2.41. The van der Waals surface area contributed by atoms with Crippen molar-refractivity contribution in [1.29, 1.82) is 0 Å². The second kappa shape index (κ2) is 4.38. The normalized spacial score (nSPS) is 12.7. The van der Waals surface area contributed by atoms with E-state index in [9.17, 15) is 0 Å². The molecule has 6 nitrogen and oxygen atoms in total. The van der Waals surface area contributed by atoms with Crippen molar-refractivity contribution in [2.75, 3.05) is 19.6 Å². The lowest BCUT2D eigenvalue weighted by Gasteiger charge is -2.09. The Labute approximate surface area is 110 Å². The van der Waals surface area contributed by atoms with Crippen molar-refractivity contribution in [3.63, 3.8) is 0 Å². The Morgan fingerprint density at radius 3 is 2.95 bits per heavy atom. The Bertz CT molecular complexity index is 622. The highest BCUT2D eigenvalue weighted by Gasteiger charge is 2.20. The van der Waals surface area contributed by atoms with E-state index in [1.165, 1.54) is 0 Å². The molecule has 0 saturated heterocycles. The van der Waals surface area contributed by atoms with Gasteiger partial charge in [0, 0.05) is 5.56 Å². The summed E-state index contributed by atoms with van der Waals surface area (Å²) < 4.78 is 17.8. The fourth-order valence-electron chi connectivity index (χ4n) is 2.06. The van der Waals surface area contributed by atoms with Crippen LogP contribution in [-0.4, -0.2) is 23.7 Å². The number of fused-ring (bicyclic) bond motifs is 1. The van der Waals surface area contributed by atoms with Gasteiger partial charge in [-0.1, -0.05) is 0 Å². The fraction of sp³-hybridized carbons (Fsp3) is 0.308. The first-order valence-electron chi connectivity index (χ1n) is 5.93. The van der Waals surface area contributed by atoms with Gasteiger partial charge in [0.15, 0.2) is 11.5 Å². The molecular weight excluding hydrogens is 246 g/mol. The number of hydrogen-bond donors (Lipinski definition) is 1. The summed E-state index contributed by atoms with van der Waals surface area (Å²) in [6.45, 7) is 2.71. The van der Waals surface area contributed by atoms with Crippen LogP contribution < -0.4 is 19.9 Å². The highest BCUT2D eigenvalue weighted by atomic mass is 16.7. The molecule has 0 amide bonds. The van der Waals surface area contributed by atoms with E-state index in [-0.39, 0.29) is 6.79 Å². The van der Waals surface area contributed by atoms with Gasteiger partial charge in [-0.25, -0.2) is 4.68 Å². The van der Waals surface area contributed by atoms with Crippen LogP contribution in [0.15, 0.2) is 18.3 Å². The van der Waals surface area contributed by atoms with Crippen LogP contribution >= 0.6 is 0 Å². The first kappa shape index (κ1) is 11.7. The number of methoxy groups -OCH3 is 1. The van der Waals surface area contributed by atoms with Gasteiger partial charge < -0.3 is 19.9 Å². The Balaban J connectivity index is 1.95. The van der Waals surface area contributed by atoms with Crippen molar-refractivity contribution in [2.24, 2.45) is 0 Å². The number of aromatic nitrogens is 2. The van der Waals surface area contributed by atoms with Crippen LogP contribution in [0.2, 0.25) is 0 Å². The van der Waals surface area contributed by atoms with Gasteiger partial charge in [-0.2, -0.15) is 5.10 Å². The van der Waals surface area contributed by atoms with Crippen molar-refractivity contribution in [2.45, 2.75) is 13.5 Å². The average molecular weight is 261 g/mol. The molecule has 0 unspecified atom stereocenters. The number of aryl methyl sites for hydroxylation is 1. The predicted molar refractivity (Wildman–Crippen MR) is 69.6 cm³/mol. The Hall–Kier alpha value is -2.37. The third-order valence-electron chi connectivity index (χ3n) is 3.12. The Morgan fingerprint density at radius 2 is 2.26 bits per heavy atom. The molecule has 0 bridgehead atoms. The first-order chi connectivity index (χ1) is 9.19. The molecule has 1 aromatic heterocycles. The topological polar surface area (TPSA) is 71.5 Å². The minimum absolute atomic E-state index is 0.220. The van der Waals surface area contributed by atoms with Crippen molar-refractivity contribution >= 4 is 5.82 Å². The van der Waals surface area contributed by atoms with E-state index >= 15 is 0 Å². The van der Waals surface area contributed by atoms with Crippen molar-refractivity contribution in [3.8, 4) is 17.2 Å². The number of anilines is 1. The predicted octanol–water partition coefficient (Wildman–Crippen LogP) is 1.56. The fourth-order valence-corrected chi connectivity index (χ4v) is 2.06. The van der Waals surface area contributed by atoms with E-state index in [0.29, 0.717) is 29.6 Å². The van der Waals surface area contributed by atoms with Crippen LogP contribution in [0.25, 0.3) is 0 Å². The summed E-state index contributed by atoms with van der Waals surface area (Å²) in [6.07, 6.45) is 1.75. The molecule has 0 atom stereocenters. The molecule has 3 rings (SSSR count). The van der Waals surface area contributed by atoms with Crippen molar-refractivity contribution in [3.05, 3.63) is 29.5 Å². The number of rotatable bonds is 3. The number of nitrogens with zero attached hydrogens (tertiary/aromatic N) is 2. The second-order valence-electron chi connectivity index (χ2n) is 4.40. The van der Waals surface area contributed by atoms with Gasteiger partial charge in [0.1, 0.15) is 5.82 Å². The monoisotopic (exact) mass is 261 g/mol. The lowest BCUT2D eigenvalue weighted by Crippen LogP contribution is -2.06. The summed E-state index contributed by atoms with van der Waals surface area (Å²) in [5.74, 6) is 2.66. The van der Waals surface area contributed by atoms with Crippen molar-refractivity contribution in [1.82, 2.24) is 9.78 Å². The molecule has 0 fully saturated rings. The maximum Gasteiger partial charge on any atom is 0.231 e. The maximum absolute atomic E-state index is 5.95. The molecule has 2 N–H and O–H groups in total. The van der Waals surface area contributed by atoms with Crippen LogP contribution in [0.1, 0.15) is 11.1 Å². The molecule has 19 heavy (non-hydrogen) atoms. The van der Waals surface area contributed by atoms with E-state index in [2.05, 4.69) is 5.10 Å². The minimum atomic E-state index is 0.220. The summed E-state index contributed by atoms with van der Waals surface area (Å²) in [5.41, 5.74) is 7.91. The zero-order valence-corrected chi connectivity index (χ0v) is 10.8. The summed E-state index contributed by atoms with van der Waals surface area (Å²) in [5, 5.41) is 4.24. The van der Waals surface area contributed by atoms with E-state index in [0.717, 1.165) is 11.1 Å². The maximum atomic E-state index is 5.95. The molecule has 2 aromatic rings. The molecule has 0 spiro atoms. The number of nitrogens with two attached hydrogens (primary N) is 1. The molecular formula is C13H15N3O3. The standard InChI is InChI=1S/C13H15N3O3/c1-8-5-15-16(13(8)14)6-9-3-10(17-2)12-11(4-9)18-7-19-12/h3-5H,6-7,14H2,1-2H3. The third kappa shape index (κ3) is 1.95. The summed E-state index contributed by atoms with van der Waals surface area (Å²) >= 11 is 0. The number of benzene rings is 1. The third-order valence-corrected chi connectivity index (χ3v) is 3.12. The molecule has 1 aromatic carbocycles.